The number of nitrogen functional groups attached to an aromatic ring is 1. The average molecular weight is 270 g/mol. The monoisotopic (exact) mass is 270 g/mol. The van der Waals surface area contributed by atoms with Crippen LogP contribution >= 0.6 is 0 Å². The standard InChI is InChI=1S/C15H18N4O/c1-10-3-2-6-17-13(10)8-18-15(20)14-7-11(16)9-19(14)12-4-5-12/h2-3,6-7,9,12H,4-5,8,16H2,1H3,(H,18,20). The van der Waals surface area contributed by atoms with E-state index in [1.165, 1.54) is 0 Å². The third kappa shape index (κ3) is 2.52. The van der Waals surface area contributed by atoms with Gasteiger partial charge in [-0.25, -0.2) is 0 Å². The number of amides is 1. The van der Waals surface area contributed by atoms with Gasteiger partial charge in [-0.2, -0.15) is 0 Å². The zero-order valence-corrected chi connectivity index (χ0v) is 11.5. The first kappa shape index (κ1) is 12.7. The van der Waals surface area contributed by atoms with Crippen LogP contribution in [0.5, 0.6) is 0 Å². The van der Waals surface area contributed by atoms with Gasteiger partial charge in [-0.1, -0.05) is 6.07 Å². The molecule has 0 unspecified atom stereocenters. The minimum atomic E-state index is -0.0985. The highest BCUT2D eigenvalue weighted by molar-refractivity contribution is 5.93. The molecule has 0 spiro atoms. The molecule has 5 heteroatoms. The highest BCUT2D eigenvalue weighted by Crippen LogP contribution is 2.37. The number of nitrogens with zero attached hydrogens (tertiary/aromatic N) is 2. The molecule has 2 aromatic heterocycles. The van der Waals surface area contributed by atoms with Crippen molar-refractivity contribution >= 4 is 11.6 Å². The number of hydrogen-bond acceptors (Lipinski definition) is 3. The van der Waals surface area contributed by atoms with Crippen LogP contribution in [-0.4, -0.2) is 15.5 Å². The van der Waals surface area contributed by atoms with E-state index < -0.39 is 0 Å². The van der Waals surface area contributed by atoms with Gasteiger partial charge in [0.1, 0.15) is 5.69 Å². The third-order valence-corrected chi connectivity index (χ3v) is 3.58. The second kappa shape index (κ2) is 5.00. The van der Waals surface area contributed by atoms with Crippen LogP contribution < -0.4 is 11.1 Å². The van der Waals surface area contributed by atoms with Crippen LogP contribution in [0.15, 0.2) is 30.6 Å². The molecule has 0 radical (unpaired) electrons. The van der Waals surface area contributed by atoms with Crippen LogP contribution in [0.2, 0.25) is 0 Å². The maximum atomic E-state index is 12.3. The van der Waals surface area contributed by atoms with E-state index in [2.05, 4.69) is 10.3 Å². The Morgan fingerprint density at radius 2 is 2.35 bits per heavy atom. The molecule has 5 nitrogen and oxygen atoms in total. The van der Waals surface area contributed by atoms with E-state index in [4.69, 9.17) is 5.73 Å². The summed E-state index contributed by atoms with van der Waals surface area (Å²) in [7, 11) is 0. The molecule has 1 amide bonds. The molecule has 2 heterocycles. The van der Waals surface area contributed by atoms with E-state index in [1.807, 2.05) is 29.8 Å². The van der Waals surface area contributed by atoms with Gasteiger partial charge >= 0.3 is 0 Å². The summed E-state index contributed by atoms with van der Waals surface area (Å²) in [6, 6.07) is 6.04. The minimum Gasteiger partial charge on any atom is -0.397 e. The van der Waals surface area contributed by atoms with Crippen molar-refractivity contribution in [2.45, 2.75) is 32.4 Å². The molecule has 0 aromatic carbocycles. The molecule has 3 rings (SSSR count). The summed E-state index contributed by atoms with van der Waals surface area (Å²) in [6.45, 7) is 2.42. The fourth-order valence-corrected chi connectivity index (χ4v) is 2.30. The Bertz CT molecular complexity index is 643. The number of rotatable bonds is 4. The fraction of sp³-hybridized carbons (Fsp3) is 0.333. The maximum Gasteiger partial charge on any atom is 0.268 e. The largest absolute Gasteiger partial charge is 0.397 e. The van der Waals surface area contributed by atoms with Crippen molar-refractivity contribution in [3.8, 4) is 0 Å². The number of hydrogen-bond donors (Lipinski definition) is 2. The number of aryl methyl sites for hydroxylation is 1. The van der Waals surface area contributed by atoms with Gasteiger partial charge in [-0.3, -0.25) is 9.78 Å². The van der Waals surface area contributed by atoms with Crippen molar-refractivity contribution in [3.63, 3.8) is 0 Å². The molecule has 104 valence electrons. The van der Waals surface area contributed by atoms with E-state index in [9.17, 15) is 4.79 Å². The van der Waals surface area contributed by atoms with Gasteiger partial charge in [0, 0.05) is 18.4 Å². The highest BCUT2D eigenvalue weighted by Gasteiger charge is 2.27. The summed E-state index contributed by atoms with van der Waals surface area (Å²) in [6.07, 6.45) is 5.82. The Balaban J connectivity index is 1.72. The van der Waals surface area contributed by atoms with Crippen LogP contribution in [-0.2, 0) is 6.54 Å². The smallest absolute Gasteiger partial charge is 0.268 e. The summed E-state index contributed by atoms with van der Waals surface area (Å²) >= 11 is 0. The number of nitrogens with two attached hydrogens (primary N) is 1. The van der Waals surface area contributed by atoms with Crippen LogP contribution in [0.25, 0.3) is 0 Å². The zero-order chi connectivity index (χ0) is 14.1. The van der Waals surface area contributed by atoms with E-state index in [-0.39, 0.29) is 5.91 Å². The van der Waals surface area contributed by atoms with Gasteiger partial charge in [-0.15, -0.1) is 0 Å². The number of aromatic nitrogens is 2. The van der Waals surface area contributed by atoms with Crippen molar-refractivity contribution in [1.82, 2.24) is 14.9 Å². The Kier molecular flexibility index (Phi) is 3.18. The van der Waals surface area contributed by atoms with Crippen molar-refractivity contribution < 1.29 is 4.79 Å². The number of pyridine rings is 1. The Hall–Kier alpha value is -2.30. The molecule has 20 heavy (non-hydrogen) atoms. The van der Waals surface area contributed by atoms with Gasteiger partial charge in [0.05, 0.1) is 17.9 Å². The lowest BCUT2D eigenvalue weighted by Gasteiger charge is -2.09. The minimum absolute atomic E-state index is 0.0985. The maximum absolute atomic E-state index is 12.3. The molecule has 0 atom stereocenters. The molecular formula is C15H18N4O. The lowest BCUT2D eigenvalue weighted by molar-refractivity contribution is 0.0941. The van der Waals surface area contributed by atoms with Crippen LogP contribution in [0.4, 0.5) is 5.69 Å². The third-order valence-electron chi connectivity index (χ3n) is 3.58. The topological polar surface area (TPSA) is 72.9 Å². The molecule has 0 saturated heterocycles. The van der Waals surface area contributed by atoms with E-state index >= 15 is 0 Å². The van der Waals surface area contributed by atoms with Crippen molar-refractivity contribution in [1.29, 1.82) is 0 Å². The number of carbonyl (C=O) groups is 1. The predicted molar refractivity (Wildman–Crippen MR) is 77.3 cm³/mol. The van der Waals surface area contributed by atoms with Crippen LogP contribution in [0, 0.1) is 6.92 Å². The Morgan fingerprint density at radius 3 is 3.05 bits per heavy atom. The van der Waals surface area contributed by atoms with Crippen molar-refractivity contribution in [2.75, 3.05) is 5.73 Å². The van der Waals surface area contributed by atoms with E-state index in [0.29, 0.717) is 24.0 Å². The van der Waals surface area contributed by atoms with E-state index in [1.54, 1.807) is 12.3 Å². The molecule has 1 aliphatic rings. The summed E-state index contributed by atoms with van der Waals surface area (Å²) in [5.41, 5.74) is 9.04. The lowest BCUT2D eigenvalue weighted by atomic mass is 10.2. The summed E-state index contributed by atoms with van der Waals surface area (Å²) in [5, 5.41) is 2.91. The molecule has 1 fully saturated rings. The average Bonchev–Trinajstić information content (AvgIpc) is 3.20. The van der Waals surface area contributed by atoms with Gasteiger partial charge in [0.25, 0.3) is 5.91 Å². The predicted octanol–water partition coefficient (Wildman–Crippen LogP) is 2.04. The molecule has 1 saturated carbocycles. The molecule has 2 aromatic rings. The van der Waals surface area contributed by atoms with Crippen LogP contribution in [0.1, 0.15) is 40.6 Å². The Labute approximate surface area is 117 Å². The van der Waals surface area contributed by atoms with Gasteiger partial charge < -0.3 is 15.6 Å². The van der Waals surface area contributed by atoms with Crippen LogP contribution in [0.3, 0.4) is 0 Å². The van der Waals surface area contributed by atoms with Gasteiger partial charge in [-0.05, 0) is 37.5 Å². The fourth-order valence-electron chi connectivity index (χ4n) is 2.30. The highest BCUT2D eigenvalue weighted by atomic mass is 16.1. The van der Waals surface area contributed by atoms with Gasteiger partial charge in [0.2, 0.25) is 0 Å². The first-order valence-electron chi connectivity index (χ1n) is 6.81. The SMILES string of the molecule is Cc1cccnc1CNC(=O)c1cc(N)cn1C1CC1. The number of nitrogens with one attached hydrogen (secondary N) is 1. The summed E-state index contributed by atoms with van der Waals surface area (Å²) < 4.78 is 1.98. The van der Waals surface area contributed by atoms with Crippen molar-refractivity contribution in [2.24, 2.45) is 0 Å². The van der Waals surface area contributed by atoms with E-state index in [0.717, 1.165) is 24.1 Å². The summed E-state index contributed by atoms with van der Waals surface area (Å²) in [5.74, 6) is -0.0985. The molecule has 3 N–H and O–H groups in total. The summed E-state index contributed by atoms with van der Waals surface area (Å²) in [4.78, 5) is 16.6. The number of carbonyl (C=O) groups excluding carboxylic acids is 1. The molecule has 1 aliphatic carbocycles. The Morgan fingerprint density at radius 1 is 1.55 bits per heavy atom. The molecule has 0 bridgehead atoms. The second-order valence-electron chi connectivity index (χ2n) is 5.25. The molecular weight excluding hydrogens is 252 g/mol. The lowest BCUT2D eigenvalue weighted by Crippen LogP contribution is -2.26. The second-order valence-corrected chi connectivity index (χ2v) is 5.25. The van der Waals surface area contributed by atoms with Gasteiger partial charge in [0.15, 0.2) is 0 Å². The quantitative estimate of drug-likeness (QED) is 0.893. The van der Waals surface area contributed by atoms with Crippen molar-refractivity contribution in [3.05, 3.63) is 47.5 Å². The number of anilines is 1. The normalized spacial score (nSPS) is 14.2. The molecule has 0 aliphatic heterocycles. The zero-order valence-electron chi connectivity index (χ0n) is 11.5. The first-order valence-corrected chi connectivity index (χ1v) is 6.81. The first-order chi connectivity index (χ1) is 9.65.